The maximum absolute atomic E-state index is 12.3. The zero-order valence-corrected chi connectivity index (χ0v) is 16.9. The Labute approximate surface area is 174 Å². The summed E-state index contributed by atoms with van der Waals surface area (Å²) in [6, 6.07) is 19.5. The largest absolute Gasteiger partial charge is 0.484 e. The molecule has 29 heavy (non-hydrogen) atoms. The summed E-state index contributed by atoms with van der Waals surface area (Å²) in [5.74, 6) is 0.118. The van der Waals surface area contributed by atoms with Crippen molar-refractivity contribution in [2.45, 2.75) is 13.8 Å². The molecule has 0 saturated heterocycles. The molecular weight excluding hydrogens is 388 g/mol. The molecule has 0 bridgehead atoms. The fourth-order valence-electron chi connectivity index (χ4n) is 2.72. The van der Waals surface area contributed by atoms with Crippen LogP contribution in [0.5, 0.6) is 5.75 Å². The van der Waals surface area contributed by atoms with E-state index < -0.39 is 0 Å². The molecule has 0 atom stereocenters. The van der Waals surface area contributed by atoms with Crippen molar-refractivity contribution in [2.24, 2.45) is 0 Å². The number of aryl methyl sites for hydroxylation is 2. The van der Waals surface area contributed by atoms with Gasteiger partial charge in [0.05, 0.1) is 0 Å². The normalized spacial score (nSPS) is 10.3. The van der Waals surface area contributed by atoms with Crippen LogP contribution in [0.2, 0.25) is 5.02 Å². The number of rotatable bonds is 6. The Morgan fingerprint density at radius 1 is 0.897 bits per heavy atom. The molecule has 0 aliphatic heterocycles. The van der Waals surface area contributed by atoms with Gasteiger partial charge in [0, 0.05) is 22.0 Å². The van der Waals surface area contributed by atoms with Gasteiger partial charge in [0.15, 0.2) is 6.61 Å². The smallest absolute Gasteiger partial charge is 0.262 e. The lowest BCUT2D eigenvalue weighted by Gasteiger charge is -2.12. The van der Waals surface area contributed by atoms with Crippen molar-refractivity contribution in [2.75, 3.05) is 17.2 Å². The van der Waals surface area contributed by atoms with E-state index in [1.54, 1.807) is 48.5 Å². The SMILES string of the molecule is Cc1cc(OCC(=O)Nc2ccc(NC(=O)c3ccccc3)c(C)c2)ccc1Cl. The lowest BCUT2D eigenvalue weighted by atomic mass is 10.1. The summed E-state index contributed by atoms with van der Waals surface area (Å²) in [5.41, 5.74) is 3.61. The number of hydrogen-bond donors (Lipinski definition) is 2. The van der Waals surface area contributed by atoms with E-state index in [2.05, 4.69) is 10.6 Å². The lowest BCUT2D eigenvalue weighted by Crippen LogP contribution is -2.20. The molecule has 5 nitrogen and oxygen atoms in total. The minimum atomic E-state index is -0.280. The van der Waals surface area contributed by atoms with Gasteiger partial charge >= 0.3 is 0 Å². The van der Waals surface area contributed by atoms with Crippen molar-refractivity contribution >= 4 is 34.8 Å². The van der Waals surface area contributed by atoms with Gasteiger partial charge < -0.3 is 15.4 Å². The number of nitrogens with one attached hydrogen (secondary N) is 2. The first-order chi connectivity index (χ1) is 13.9. The van der Waals surface area contributed by atoms with Gasteiger partial charge in [0.2, 0.25) is 0 Å². The van der Waals surface area contributed by atoms with Crippen LogP contribution in [-0.4, -0.2) is 18.4 Å². The minimum absolute atomic E-state index is 0.118. The topological polar surface area (TPSA) is 67.4 Å². The molecule has 3 aromatic carbocycles. The van der Waals surface area contributed by atoms with E-state index in [4.69, 9.17) is 16.3 Å². The third kappa shape index (κ3) is 5.59. The average Bonchev–Trinajstić information content (AvgIpc) is 2.71. The van der Waals surface area contributed by atoms with Crippen molar-refractivity contribution < 1.29 is 14.3 Å². The summed E-state index contributed by atoms with van der Waals surface area (Å²) in [4.78, 5) is 24.5. The molecule has 2 amide bonds. The average molecular weight is 409 g/mol. The standard InChI is InChI=1S/C23H21ClN2O3/c1-15-13-19(9-10-20(15)24)29-14-22(27)25-18-8-11-21(16(2)12-18)26-23(28)17-6-4-3-5-7-17/h3-13H,14H2,1-2H3,(H,25,27)(H,26,28). The highest BCUT2D eigenvalue weighted by Crippen LogP contribution is 2.22. The highest BCUT2D eigenvalue weighted by molar-refractivity contribution is 6.31. The van der Waals surface area contributed by atoms with E-state index >= 15 is 0 Å². The Morgan fingerprint density at radius 3 is 2.34 bits per heavy atom. The van der Waals surface area contributed by atoms with Crippen molar-refractivity contribution in [1.29, 1.82) is 0 Å². The molecule has 148 valence electrons. The van der Waals surface area contributed by atoms with Crippen LogP contribution in [0.25, 0.3) is 0 Å². The summed E-state index contributed by atoms with van der Waals surface area (Å²) in [5, 5.41) is 6.31. The van der Waals surface area contributed by atoms with Crippen molar-refractivity contribution in [1.82, 2.24) is 0 Å². The van der Waals surface area contributed by atoms with Crippen molar-refractivity contribution in [3.63, 3.8) is 0 Å². The Morgan fingerprint density at radius 2 is 1.66 bits per heavy atom. The van der Waals surface area contributed by atoms with Gasteiger partial charge in [-0.15, -0.1) is 0 Å². The Kier molecular flexibility index (Phi) is 6.52. The van der Waals surface area contributed by atoms with Crippen molar-refractivity contribution in [3.05, 3.63) is 88.4 Å². The molecule has 3 rings (SSSR count). The quantitative estimate of drug-likeness (QED) is 0.587. The summed E-state index contributed by atoms with van der Waals surface area (Å²) in [6.07, 6.45) is 0. The fraction of sp³-hybridized carbons (Fsp3) is 0.130. The monoisotopic (exact) mass is 408 g/mol. The number of carbonyl (C=O) groups is 2. The number of carbonyl (C=O) groups excluding carboxylic acids is 2. The zero-order chi connectivity index (χ0) is 20.8. The Balaban J connectivity index is 1.57. The molecule has 0 heterocycles. The molecule has 0 aliphatic rings. The number of ether oxygens (including phenoxy) is 1. The van der Waals surface area contributed by atoms with Gasteiger partial charge in [0.25, 0.3) is 11.8 Å². The van der Waals surface area contributed by atoms with Gasteiger partial charge in [-0.05, 0) is 73.5 Å². The summed E-state index contributed by atoms with van der Waals surface area (Å²) >= 11 is 5.98. The van der Waals surface area contributed by atoms with Gasteiger partial charge in [-0.2, -0.15) is 0 Å². The van der Waals surface area contributed by atoms with Crippen LogP contribution < -0.4 is 15.4 Å². The zero-order valence-electron chi connectivity index (χ0n) is 16.2. The molecular formula is C23H21ClN2O3. The lowest BCUT2D eigenvalue weighted by molar-refractivity contribution is -0.118. The molecule has 3 aromatic rings. The molecule has 0 radical (unpaired) electrons. The van der Waals surface area contributed by atoms with Gasteiger partial charge in [-0.25, -0.2) is 0 Å². The highest BCUT2D eigenvalue weighted by atomic mass is 35.5. The maximum Gasteiger partial charge on any atom is 0.262 e. The maximum atomic E-state index is 12.3. The molecule has 0 fully saturated rings. The molecule has 0 saturated carbocycles. The van der Waals surface area contributed by atoms with Crippen LogP contribution >= 0.6 is 11.6 Å². The number of benzene rings is 3. The van der Waals surface area contributed by atoms with E-state index in [1.807, 2.05) is 32.0 Å². The Hall–Kier alpha value is -3.31. The first-order valence-corrected chi connectivity index (χ1v) is 9.46. The van der Waals surface area contributed by atoms with Crippen LogP contribution in [0.4, 0.5) is 11.4 Å². The van der Waals surface area contributed by atoms with Crippen LogP contribution in [0.3, 0.4) is 0 Å². The molecule has 0 spiro atoms. The van der Waals surface area contributed by atoms with E-state index in [0.29, 0.717) is 27.7 Å². The molecule has 0 aliphatic carbocycles. The summed E-state index contributed by atoms with van der Waals surface area (Å²) < 4.78 is 5.50. The number of halogens is 1. The van der Waals surface area contributed by atoms with E-state index in [0.717, 1.165) is 11.1 Å². The van der Waals surface area contributed by atoms with E-state index in [9.17, 15) is 9.59 Å². The molecule has 2 N–H and O–H groups in total. The number of amides is 2. The predicted octanol–water partition coefficient (Wildman–Crippen LogP) is 5.23. The Bertz CT molecular complexity index is 1040. The van der Waals surface area contributed by atoms with Crippen LogP contribution in [0.1, 0.15) is 21.5 Å². The molecule has 0 aromatic heterocycles. The van der Waals surface area contributed by atoms with E-state index in [1.165, 1.54) is 0 Å². The van der Waals surface area contributed by atoms with Gasteiger partial charge in [0.1, 0.15) is 5.75 Å². The first kappa shape index (κ1) is 20.4. The third-order valence-electron chi connectivity index (χ3n) is 4.29. The number of anilines is 2. The molecule has 0 unspecified atom stereocenters. The van der Waals surface area contributed by atoms with Crippen LogP contribution in [0.15, 0.2) is 66.7 Å². The van der Waals surface area contributed by atoms with Crippen LogP contribution in [-0.2, 0) is 4.79 Å². The first-order valence-electron chi connectivity index (χ1n) is 9.08. The van der Waals surface area contributed by atoms with Gasteiger partial charge in [-0.3, -0.25) is 9.59 Å². The molecule has 6 heteroatoms. The van der Waals surface area contributed by atoms with E-state index in [-0.39, 0.29) is 18.4 Å². The fourth-order valence-corrected chi connectivity index (χ4v) is 2.84. The van der Waals surface area contributed by atoms with Crippen LogP contribution in [0, 0.1) is 13.8 Å². The summed E-state index contributed by atoms with van der Waals surface area (Å²) in [6.45, 7) is 3.62. The second-order valence-corrected chi connectivity index (χ2v) is 7.00. The summed E-state index contributed by atoms with van der Waals surface area (Å²) in [7, 11) is 0. The second-order valence-electron chi connectivity index (χ2n) is 6.60. The highest BCUT2D eigenvalue weighted by Gasteiger charge is 2.09. The van der Waals surface area contributed by atoms with Crippen molar-refractivity contribution in [3.8, 4) is 5.75 Å². The van der Waals surface area contributed by atoms with Gasteiger partial charge in [-0.1, -0.05) is 29.8 Å². The predicted molar refractivity (Wildman–Crippen MR) is 116 cm³/mol. The minimum Gasteiger partial charge on any atom is -0.484 e. The second kappa shape index (κ2) is 9.26. The third-order valence-corrected chi connectivity index (χ3v) is 4.72. The number of hydrogen-bond acceptors (Lipinski definition) is 3.